The average molecular weight is 673 g/mol. The second-order valence-corrected chi connectivity index (χ2v) is 13.9. The highest BCUT2D eigenvalue weighted by Crippen LogP contribution is 2.32. The Hall–Kier alpha value is -3.92. The van der Waals surface area contributed by atoms with Gasteiger partial charge in [-0.25, -0.2) is 22.0 Å². The summed E-state index contributed by atoms with van der Waals surface area (Å²) in [6, 6.07) is 7.86. The van der Waals surface area contributed by atoms with Crippen LogP contribution < -0.4 is 10.6 Å². The monoisotopic (exact) mass is 672 g/mol. The van der Waals surface area contributed by atoms with E-state index in [4.69, 9.17) is 9.47 Å². The molecule has 0 bridgehead atoms. The Morgan fingerprint density at radius 3 is 2.47 bits per heavy atom. The summed E-state index contributed by atoms with van der Waals surface area (Å²) in [5.74, 6) is -2.57. The van der Waals surface area contributed by atoms with E-state index in [0.29, 0.717) is 36.2 Å². The van der Waals surface area contributed by atoms with Crippen molar-refractivity contribution in [3.05, 3.63) is 70.4 Å². The van der Waals surface area contributed by atoms with Gasteiger partial charge in [0.05, 0.1) is 22.8 Å². The number of nitrogens with one attached hydrogen (secondary N) is 2. The second kappa shape index (κ2) is 14.1. The van der Waals surface area contributed by atoms with Crippen LogP contribution in [0.25, 0.3) is 0 Å². The summed E-state index contributed by atoms with van der Waals surface area (Å²) in [5.41, 5.74) is 2.73. The third-order valence-corrected chi connectivity index (χ3v) is 10.5. The van der Waals surface area contributed by atoms with Gasteiger partial charge >= 0.3 is 6.09 Å². The number of fused-ring (bicyclic) bond motifs is 1. The van der Waals surface area contributed by atoms with Crippen LogP contribution in [0.2, 0.25) is 0 Å². The van der Waals surface area contributed by atoms with Gasteiger partial charge in [0, 0.05) is 62.6 Å². The number of nitrogens with zero attached hydrogens (tertiary/aromatic N) is 4. The number of anilines is 2. The van der Waals surface area contributed by atoms with Crippen molar-refractivity contribution in [3.8, 4) is 0 Å². The Kier molecular flexibility index (Phi) is 9.87. The topological polar surface area (TPSA) is 135 Å². The molecule has 252 valence electrons. The summed E-state index contributed by atoms with van der Waals surface area (Å²) >= 11 is 0. The van der Waals surface area contributed by atoms with Crippen LogP contribution in [0.5, 0.6) is 0 Å². The molecule has 2 fully saturated rings. The molecule has 0 unspecified atom stereocenters. The molecule has 2 aromatic carbocycles. The molecule has 0 aliphatic carbocycles. The second-order valence-electron chi connectivity index (χ2n) is 11.9. The molecule has 0 radical (unpaired) electrons. The average Bonchev–Trinajstić information content (AvgIpc) is 3.69. The van der Waals surface area contributed by atoms with Crippen molar-refractivity contribution in [1.29, 1.82) is 0 Å². The van der Waals surface area contributed by atoms with Crippen molar-refractivity contribution < 1.29 is 36.3 Å². The van der Waals surface area contributed by atoms with Crippen molar-refractivity contribution in [2.45, 2.75) is 63.1 Å². The number of sulfonamides is 1. The Balaban J connectivity index is 1.31. The van der Waals surface area contributed by atoms with Gasteiger partial charge in [-0.3, -0.25) is 9.69 Å². The van der Waals surface area contributed by atoms with Gasteiger partial charge in [-0.15, -0.1) is 5.10 Å². The number of amides is 1. The fraction of sp³-hybridized carbons (Fsp3) is 0.469. The highest BCUT2D eigenvalue weighted by molar-refractivity contribution is 7.89. The largest absolute Gasteiger partial charge is 0.448 e. The first kappa shape index (κ1) is 33.0. The molecule has 15 heteroatoms. The van der Waals surface area contributed by atoms with E-state index in [1.165, 1.54) is 0 Å². The predicted molar refractivity (Wildman–Crippen MR) is 169 cm³/mol. The van der Waals surface area contributed by atoms with Crippen LogP contribution in [-0.2, 0) is 39.0 Å². The molecule has 0 spiro atoms. The highest BCUT2D eigenvalue weighted by Gasteiger charge is 2.35. The van der Waals surface area contributed by atoms with Gasteiger partial charge in [0.1, 0.15) is 11.6 Å². The van der Waals surface area contributed by atoms with Crippen LogP contribution >= 0.6 is 0 Å². The number of aromatic nitrogens is 2. The number of hydrogen-bond acceptors (Lipinski definition) is 9. The molecular weight excluding hydrogens is 634 g/mol. The molecule has 3 aliphatic rings. The molecule has 3 aromatic rings. The lowest BCUT2D eigenvalue weighted by Crippen LogP contribution is -2.37. The number of hydrogen-bond donors (Lipinski definition) is 2. The van der Waals surface area contributed by atoms with Crippen LogP contribution in [0, 0.1) is 11.6 Å². The number of rotatable bonds is 9. The fourth-order valence-corrected chi connectivity index (χ4v) is 7.76. The van der Waals surface area contributed by atoms with Gasteiger partial charge in [0.25, 0.3) is 5.91 Å². The summed E-state index contributed by atoms with van der Waals surface area (Å²) in [4.78, 5) is 28.6. The maximum atomic E-state index is 14.0. The number of likely N-dealkylation sites (tertiary alicyclic amines) is 1. The number of benzene rings is 2. The lowest BCUT2D eigenvalue weighted by molar-refractivity contribution is 0.0904. The van der Waals surface area contributed by atoms with E-state index in [2.05, 4.69) is 20.6 Å². The summed E-state index contributed by atoms with van der Waals surface area (Å²) < 4.78 is 67.6. The van der Waals surface area contributed by atoms with Crippen LogP contribution in [0.3, 0.4) is 0 Å². The van der Waals surface area contributed by atoms with E-state index >= 15 is 0 Å². The smallest absolute Gasteiger partial charge is 0.434 e. The van der Waals surface area contributed by atoms with E-state index in [0.717, 1.165) is 72.0 Å². The Morgan fingerprint density at radius 1 is 1.04 bits per heavy atom. The summed E-state index contributed by atoms with van der Waals surface area (Å²) in [6.45, 7) is 5.38. The van der Waals surface area contributed by atoms with Gasteiger partial charge in [-0.05, 0) is 75.5 Å². The quantitative estimate of drug-likeness (QED) is 0.340. The first-order chi connectivity index (χ1) is 22.6. The first-order valence-corrected chi connectivity index (χ1v) is 17.3. The summed E-state index contributed by atoms with van der Waals surface area (Å²) in [6.07, 6.45) is 3.15. The first-order valence-electron chi connectivity index (χ1n) is 15.9. The zero-order valence-electron chi connectivity index (χ0n) is 26.1. The zero-order valence-corrected chi connectivity index (χ0v) is 27.0. The number of halogens is 2. The molecule has 0 saturated carbocycles. The molecular formula is C32H38F2N6O6S. The van der Waals surface area contributed by atoms with Crippen LogP contribution in [0.4, 0.5) is 25.1 Å². The van der Waals surface area contributed by atoms with E-state index < -0.39 is 38.6 Å². The Morgan fingerprint density at radius 2 is 1.77 bits per heavy atom. The minimum atomic E-state index is -4.34. The van der Waals surface area contributed by atoms with E-state index in [-0.39, 0.29) is 43.5 Å². The van der Waals surface area contributed by atoms with Gasteiger partial charge in [0.15, 0.2) is 5.82 Å². The predicted octanol–water partition coefficient (Wildman–Crippen LogP) is 4.35. The molecule has 2 N–H and O–H groups in total. The Labute approximate surface area is 272 Å². The highest BCUT2D eigenvalue weighted by atomic mass is 32.2. The molecule has 3 aliphatic heterocycles. The Bertz CT molecular complexity index is 1730. The fourth-order valence-electron chi connectivity index (χ4n) is 6.30. The number of ether oxygens (including phenoxy) is 2. The third kappa shape index (κ3) is 7.32. The van der Waals surface area contributed by atoms with Crippen molar-refractivity contribution in [1.82, 2.24) is 19.0 Å². The molecule has 2 saturated heterocycles. The lowest BCUT2D eigenvalue weighted by Gasteiger charge is -2.27. The van der Waals surface area contributed by atoms with Gasteiger partial charge in [-0.1, -0.05) is 6.07 Å². The van der Waals surface area contributed by atoms with Crippen molar-refractivity contribution >= 4 is 33.5 Å². The zero-order chi connectivity index (χ0) is 33.1. The minimum absolute atomic E-state index is 0.0125. The van der Waals surface area contributed by atoms with E-state index in [9.17, 15) is 26.8 Å². The van der Waals surface area contributed by atoms with Gasteiger partial charge in [0.2, 0.25) is 10.0 Å². The number of carbonyl (C=O) groups excluding carboxylic acids is 2. The number of carbonyl (C=O) groups is 2. The van der Waals surface area contributed by atoms with Crippen LogP contribution in [-0.4, -0.2) is 84.9 Å². The standard InChI is InChI=1S/C32H38F2N6O6S/c1-2-46-32(42)40-29-7-12-39(47(43,44)25-17-22(33)16-23(34)18-25)20-27(29)30(37-40)36-31(41)26-6-5-21(19-38-10-3-4-11-38)15-28(26)35-24-8-13-45-14-9-24/h5-6,15-18,24,35H,2-4,7-14,19-20H2,1H3,(H,36,37,41). The molecule has 6 rings (SSSR count). The molecule has 0 atom stereocenters. The molecule has 12 nitrogen and oxygen atoms in total. The molecule has 47 heavy (non-hydrogen) atoms. The van der Waals surface area contributed by atoms with Gasteiger partial charge in [-0.2, -0.15) is 8.99 Å². The van der Waals surface area contributed by atoms with Crippen molar-refractivity contribution in [2.24, 2.45) is 0 Å². The van der Waals surface area contributed by atoms with Crippen molar-refractivity contribution in [2.75, 3.05) is 50.1 Å². The summed E-state index contributed by atoms with van der Waals surface area (Å²) in [7, 11) is -4.34. The van der Waals surface area contributed by atoms with Crippen LogP contribution in [0.15, 0.2) is 41.3 Å². The van der Waals surface area contributed by atoms with E-state index in [1.54, 1.807) is 13.0 Å². The van der Waals surface area contributed by atoms with E-state index in [1.807, 2.05) is 12.1 Å². The molecule has 1 aromatic heterocycles. The summed E-state index contributed by atoms with van der Waals surface area (Å²) in [5, 5.41) is 10.7. The SMILES string of the molecule is CCOC(=O)n1nc(NC(=O)c2ccc(CN3CCCC3)cc2NC2CCOCC2)c2c1CCN(S(=O)(=O)c1cc(F)cc(F)c1)C2. The minimum Gasteiger partial charge on any atom is -0.448 e. The maximum Gasteiger partial charge on any atom is 0.434 e. The molecule has 4 heterocycles. The third-order valence-electron chi connectivity index (χ3n) is 8.68. The lowest BCUT2D eigenvalue weighted by atomic mass is 10.0. The van der Waals surface area contributed by atoms with Gasteiger partial charge < -0.3 is 20.1 Å². The van der Waals surface area contributed by atoms with Crippen molar-refractivity contribution in [3.63, 3.8) is 0 Å². The maximum absolute atomic E-state index is 14.0. The molecule has 1 amide bonds. The van der Waals surface area contributed by atoms with Crippen LogP contribution in [0.1, 0.15) is 59.8 Å². The normalized spacial score (nSPS) is 17.8.